The molecule has 0 saturated carbocycles. The molecule has 9 nitrogen and oxygen atoms in total. The fourth-order valence-electron chi connectivity index (χ4n) is 2.11. The lowest BCUT2D eigenvalue weighted by Gasteiger charge is -2.10. The Hall–Kier alpha value is -3.75. The summed E-state index contributed by atoms with van der Waals surface area (Å²) in [6.07, 6.45) is 1.51. The van der Waals surface area contributed by atoms with Crippen LogP contribution in [0.25, 0.3) is 0 Å². The fourth-order valence-corrected chi connectivity index (χ4v) is 2.11. The molecule has 0 aliphatic rings. The number of hydrogen-bond donors (Lipinski definition) is 2. The van der Waals surface area contributed by atoms with E-state index in [0.29, 0.717) is 11.4 Å². The molecule has 0 aliphatic carbocycles. The van der Waals surface area contributed by atoms with Gasteiger partial charge in [0.25, 0.3) is 0 Å². The monoisotopic (exact) mass is 352 g/mol. The Balaban J connectivity index is 1.72. The van der Waals surface area contributed by atoms with Crippen molar-refractivity contribution in [1.82, 2.24) is 19.9 Å². The van der Waals surface area contributed by atoms with Crippen molar-refractivity contribution < 1.29 is 14.3 Å². The number of benzene rings is 1. The molecule has 0 aliphatic heterocycles. The van der Waals surface area contributed by atoms with Crippen LogP contribution in [-0.4, -0.2) is 33.0 Å². The maximum atomic E-state index is 11.9. The number of anilines is 3. The minimum Gasteiger partial charge on any atom is -0.495 e. The molecular formula is C17H16N6O3. The molecule has 0 fully saturated rings. The molecule has 2 aromatic heterocycles. The van der Waals surface area contributed by atoms with E-state index in [1.807, 2.05) is 12.1 Å². The number of pyridine rings is 1. The van der Waals surface area contributed by atoms with Crippen molar-refractivity contribution in [3.8, 4) is 5.75 Å². The molecule has 0 spiro atoms. The molecule has 3 rings (SSSR count). The van der Waals surface area contributed by atoms with Crippen molar-refractivity contribution in [3.63, 3.8) is 0 Å². The largest absolute Gasteiger partial charge is 0.495 e. The van der Waals surface area contributed by atoms with E-state index < -0.39 is 5.97 Å². The third-order valence-electron chi connectivity index (χ3n) is 3.26. The Morgan fingerprint density at radius 1 is 1.12 bits per heavy atom. The summed E-state index contributed by atoms with van der Waals surface area (Å²) < 4.78 is 10.4. The van der Waals surface area contributed by atoms with Gasteiger partial charge in [0.1, 0.15) is 11.4 Å². The number of aromatic nitrogens is 4. The molecule has 3 N–H and O–H groups in total. The Morgan fingerprint density at radius 2 is 1.92 bits per heavy atom. The van der Waals surface area contributed by atoms with Gasteiger partial charge in [-0.3, -0.25) is 0 Å². The maximum Gasteiger partial charge on any atom is 0.357 e. The number of nitrogens with two attached hydrogens (primary N) is 1. The number of nitrogen functional groups attached to an aromatic ring is 1. The van der Waals surface area contributed by atoms with Gasteiger partial charge < -0.3 is 20.5 Å². The van der Waals surface area contributed by atoms with Gasteiger partial charge >= 0.3 is 5.97 Å². The van der Waals surface area contributed by atoms with Crippen molar-refractivity contribution in [2.24, 2.45) is 0 Å². The van der Waals surface area contributed by atoms with Crippen LogP contribution in [0.2, 0.25) is 0 Å². The van der Waals surface area contributed by atoms with Crippen LogP contribution < -0.4 is 15.8 Å². The minimum atomic E-state index is -0.580. The molecule has 9 heteroatoms. The van der Waals surface area contributed by atoms with Gasteiger partial charge in [-0.15, -0.1) is 0 Å². The first-order chi connectivity index (χ1) is 12.7. The Morgan fingerprint density at radius 3 is 2.69 bits per heavy atom. The van der Waals surface area contributed by atoms with E-state index in [1.54, 1.807) is 37.4 Å². The van der Waals surface area contributed by atoms with Gasteiger partial charge in [-0.2, -0.15) is 15.0 Å². The number of esters is 1. The summed E-state index contributed by atoms with van der Waals surface area (Å²) in [5, 5.41) is 3.00. The topological polar surface area (TPSA) is 125 Å². The Kier molecular flexibility index (Phi) is 5.18. The predicted molar refractivity (Wildman–Crippen MR) is 93.9 cm³/mol. The third kappa shape index (κ3) is 4.20. The number of methoxy groups -OCH3 is 1. The normalized spacial score (nSPS) is 10.2. The lowest BCUT2D eigenvalue weighted by molar-refractivity contribution is 0.0455. The van der Waals surface area contributed by atoms with E-state index in [9.17, 15) is 4.79 Å². The van der Waals surface area contributed by atoms with Crippen LogP contribution in [0.5, 0.6) is 5.75 Å². The molecular weight excluding hydrogens is 336 g/mol. The lowest BCUT2D eigenvalue weighted by atomic mass is 10.3. The summed E-state index contributed by atoms with van der Waals surface area (Å²) in [4.78, 5) is 28.1. The zero-order valence-corrected chi connectivity index (χ0v) is 13.9. The van der Waals surface area contributed by atoms with Gasteiger partial charge in [0.05, 0.1) is 12.8 Å². The first-order valence-electron chi connectivity index (χ1n) is 7.64. The highest BCUT2D eigenvalue weighted by molar-refractivity contribution is 5.87. The number of hydrogen-bond acceptors (Lipinski definition) is 9. The van der Waals surface area contributed by atoms with E-state index in [-0.39, 0.29) is 30.0 Å². The summed E-state index contributed by atoms with van der Waals surface area (Å²) in [6, 6.07) is 12.2. The van der Waals surface area contributed by atoms with Crippen LogP contribution >= 0.6 is 0 Å². The maximum absolute atomic E-state index is 11.9. The lowest BCUT2D eigenvalue weighted by Crippen LogP contribution is -2.12. The second-order valence-electron chi connectivity index (χ2n) is 5.05. The number of carbonyl (C=O) groups is 1. The molecule has 0 radical (unpaired) electrons. The molecule has 0 saturated heterocycles. The Labute approximate surface area is 149 Å². The van der Waals surface area contributed by atoms with Gasteiger partial charge in [-0.25, -0.2) is 9.78 Å². The highest BCUT2D eigenvalue weighted by atomic mass is 16.5. The average molecular weight is 352 g/mol. The number of rotatable bonds is 6. The standard InChI is InChI=1S/C17H16N6O3/c1-25-13-8-3-2-6-11(13)20-17-22-14(21-16(18)23-17)10-26-15(24)12-7-4-5-9-19-12/h2-9H,10H2,1H3,(H3,18,20,21,22,23). The van der Waals surface area contributed by atoms with E-state index in [0.717, 1.165) is 0 Å². The zero-order chi connectivity index (χ0) is 18.4. The quantitative estimate of drug-likeness (QED) is 0.640. The van der Waals surface area contributed by atoms with Crippen molar-refractivity contribution in [3.05, 3.63) is 60.2 Å². The van der Waals surface area contributed by atoms with Crippen molar-refractivity contribution >= 4 is 23.6 Å². The van der Waals surface area contributed by atoms with Gasteiger partial charge in [-0.1, -0.05) is 18.2 Å². The van der Waals surface area contributed by atoms with E-state index in [2.05, 4.69) is 25.3 Å². The van der Waals surface area contributed by atoms with Crippen LogP contribution in [0.3, 0.4) is 0 Å². The van der Waals surface area contributed by atoms with Crippen LogP contribution in [0.1, 0.15) is 16.3 Å². The smallest absolute Gasteiger partial charge is 0.357 e. The van der Waals surface area contributed by atoms with Crippen LogP contribution in [0, 0.1) is 0 Å². The minimum absolute atomic E-state index is 0.00119. The summed E-state index contributed by atoms with van der Waals surface area (Å²) in [6.45, 7) is -0.164. The van der Waals surface area contributed by atoms with Crippen LogP contribution in [0.4, 0.5) is 17.6 Å². The Bertz CT molecular complexity index is 904. The van der Waals surface area contributed by atoms with E-state index in [1.165, 1.54) is 6.20 Å². The van der Waals surface area contributed by atoms with E-state index in [4.69, 9.17) is 15.2 Å². The molecule has 0 bridgehead atoms. The summed E-state index contributed by atoms with van der Waals surface area (Å²) in [7, 11) is 1.56. The fraction of sp³-hybridized carbons (Fsp3) is 0.118. The summed E-state index contributed by atoms with van der Waals surface area (Å²) >= 11 is 0. The average Bonchev–Trinajstić information content (AvgIpc) is 2.67. The number of nitrogens with one attached hydrogen (secondary N) is 1. The summed E-state index contributed by atoms with van der Waals surface area (Å²) in [5.41, 5.74) is 6.57. The molecule has 0 unspecified atom stereocenters. The molecule has 3 aromatic rings. The highest BCUT2D eigenvalue weighted by Gasteiger charge is 2.12. The van der Waals surface area contributed by atoms with Crippen LogP contribution in [0.15, 0.2) is 48.7 Å². The first kappa shape index (κ1) is 17.1. The molecule has 26 heavy (non-hydrogen) atoms. The molecule has 0 amide bonds. The number of para-hydroxylation sites is 2. The van der Waals surface area contributed by atoms with Crippen molar-refractivity contribution in [1.29, 1.82) is 0 Å². The number of nitrogens with zero attached hydrogens (tertiary/aromatic N) is 4. The first-order valence-corrected chi connectivity index (χ1v) is 7.64. The predicted octanol–water partition coefficient (Wildman–Crippen LogP) is 1.96. The number of carbonyl (C=O) groups excluding carboxylic acids is 1. The van der Waals surface area contributed by atoms with Crippen LogP contribution in [-0.2, 0) is 11.3 Å². The molecule has 0 atom stereocenters. The molecule has 2 heterocycles. The van der Waals surface area contributed by atoms with Crippen molar-refractivity contribution in [2.45, 2.75) is 6.61 Å². The highest BCUT2D eigenvalue weighted by Crippen LogP contribution is 2.25. The third-order valence-corrected chi connectivity index (χ3v) is 3.26. The van der Waals surface area contributed by atoms with Gasteiger partial charge in [-0.05, 0) is 24.3 Å². The van der Waals surface area contributed by atoms with Gasteiger partial charge in [0, 0.05) is 6.20 Å². The SMILES string of the molecule is COc1ccccc1Nc1nc(N)nc(COC(=O)c2ccccn2)n1. The molecule has 1 aromatic carbocycles. The van der Waals surface area contributed by atoms with E-state index >= 15 is 0 Å². The van der Waals surface area contributed by atoms with Gasteiger partial charge in [0.15, 0.2) is 12.4 Å². The number of ether oxygens (including phenoxy) is 2. The van der Waals surface area contributed by atoms with Gasteiger partial charge in [0.2, 0.25) is 11.9 Å². The van der Waals surface area contributed by atoms with Crippen molar-refractivity contribution in [2.75, 3.05) is 18.2 Å². The second-order valence-corrected chi connectivity index (χ2v) is 5.05. The molecule has 132 valence electrons. The second kappa shape index (κ2) is 7.88. The zero-order valence-electron chi connectivity index (χ0n) is 13.9. The summed E-state index contributed by atoms with van der Waals surface area (Å²) in [5.74, 6) is 0.463.